The molecule has 2 aromatic rings. The van der Waals surface area contributed by atoms with Gasteiger partial charge < -0.3 is 4.74 Å². The van der Waals surface area contributed by atoms with Crippen molar-refractivity contribution < 1.29 is 23.9 Å². The van der Waals surface area contributed by atoms with Crippen LogP contribution in [0.3, 0.4) is 0 Å². The van der Waals surface area contributed by atoms with Crippen LogP contribution in [0, 0.1) is 11.8 Å². The highest BCUT2D eigenvalue weighted by Gasteiger charge is 2.49. The summed E-state index contributed by atoms with van der Waals surface area (Å²) in [4.78, 5) is 52.5. The molecule has 1 heterocycles. The van der Waals surface area contributed by atoms with Crippen molar-refractivity contribution in [3.05, 3.63) is 74.2 Å². The van der Waals surface area contributed by atoms with Crippen molar-refractivity contribution in [2.24, 2.45) is 11.8 Å². The van der Waals surface area contributed by atoms with Gasteiger partial charge in [-0.25, -0.2) is 9.59 Å². The average Bonchev–Trinajstić information content (AvgIpc) is 3.47. The molecule has 3 aliphatic rings. The number of carbonyl (C=O) groups is 4. The molecule has 184 valence electrons. The zero-order valence-corrected chi connectivity index (χ0v) is 22.3. The van der Waals surface area contributed by atoms with Crippen LogP contribution in [0.2, 0.25) is 0 Å². The number of barbiturate groups is 1. The molecule has 2 bridgehead atoms. The SMILES string of the molecule is O=C(/C=C/c1ccccc1)Oc1c(Br)cc(Br)cc1/C=C1/C(=O)NC(=O)N([C@H]2C[C@H]3CC[C@H]2C3)C1=O. The molecular weight excluding hydrogens is 592 g/mol. The van der Waals surface area contributed by atoms with Crippen molar-refractivity contribution >= 4 is 67.8 Å². The van der Waals surface area contributed by atoms with Gasteiger partial charge in [-0.05, 0) is 76.9 Å². The van der Waals surface area contributed by atoms with E-state index >= 15 is 0 Å². The Kier molecular flexibility index (Phi) is 6.94. The molecule has 2 saturated carbocycles. The van der Waals surface area contributed by atoms with Crippen molar-refractivity contribution in [1.82, 2.24) is 10.2 Å². The van der Waals surface area contributed by atoms with Gasteiger partial charge in [0.1, 0.15) is 5.57 Å². The average molecular weight is 614 g/mol. The summed E-state index contributed by atoms with van der Waals surface area (Å²) in [5.74, 6) is -1.09. The third kappa shape index (κ3) is 4.95. The van der Waals surface area contributed by atoms with Crippen molar-refractivity contribution in [3.8, 4) is 5.75 Å². The normalized spacial score (nSPS) is 24.6. The van der Waals surface area contributed by atoms with Crippen LogP contribution in [0.1, 0.15) is 36.8 Å². The van der Waals surface area contributed by atoms with Gasteiger partial charge >= 0.3 is 12.0 Å². The van der Waals surface area contributed by atoms with Gasteiger partial charge in [0.05, 0.1) is 4.47 Å². The topological polar surface area (TPSA) is 92.8 Å². The fourth-order valence-electron chi connectivity index (χ4n) is 5.31. The number of carbonyl (C=O) groups excluding carboxylic acids is 4. The smallest absolute Gasteiger partial charge is 0.336 e. The lowest BCUT2D eigenvalue weighted by molar-refractivity contribution is -0.132. The molecule has 1 N–H and O–H groups in total. The fraction of sp³-hybridized carbons (Fsp3) is 0.259. The monoisotopic (exact) mass is 612 g/mol. The maximum Gasteiger partial charge on any atom is 0.336 e. The molecule has 2 aromatic carbocycles. The standard InChI is InChI=1S/C27H22Br2N2O5/c28-19-12-18(24(21(29)14-19)36-23(32)9-7-15-4-2-1-3-5-15)13-20-25(33)30-27(35)31(26(20)34)22-11-16-6-8-17(22)10-16/h1-5,7,9,12-14,16-17,22H,6,8,10-11H2,(H,30,33,35)/b9-7+,20-13-/t16-,17-,22-/m0/s1. The van der Waals surface area contributed by atoms with E-state index in [0.29, 0.717) is 20.4 Å². The summed E-state index contributed by atoms with van der Waals surface area (Å²) in [5, 5.41) is 2.31. The lowest BCUT2D eigenvalue weighted by atomic mass is 9.93. The Labute approximate surface area is 224 Å². The Morgan fingerprint density at radius 3 is 2.53 bits per heavy atom. The first-order valence-corrected chi connectivity index (χ1v) is 13.2. The van der Waals surface area contributed by atoms with E-state index in [4.69, 9.17) is 4.74 Å². The van der Waals surface area contributed by atoms with Crippen LogP contribution >= 0.6 is 31.9 Å². The molecule has 2 aliphatic carbocycles. The zero-order valence-electron chi connectivity index (χ0n) is 19.1. The number of hydrogen-bond acceptors (Lipinski definition) is 5. The van der Waals surface area contributed by atoms with E-state index in [1.165, 1.54) is 17.1 Å². The number of imide groups is 2. The number of nitrogens with zero attached hydrogens (tertiary/aromatic N) is 1. The molecule has 1 aliphatic heterocycles. The van der Waals surface area contributed by atoms with Crippen LogP contribution < -0.4 is 10.1 Å². The third-order valence-electron chi connectivity index (χ3n) is 6.92. The fourth-order valence-corrected chi connectivity index (χ4v) is 6.65. The first-order chi connectivity index (χ1) is 17.3. The third-order valence-corrected chi connectivity index (χ3v) is 7.96. The lowest BCUT2D eigenvalue weighted by Gasteiger charge is -2.35. The van der Waals surface area contributed by atoms with E-state index in [1.807, 2.05) is 30.3 Å². The molecule has 1 saturated heterocycles. The largest absolute Gasteiger partial charge is 0.422 e. The Morgan fingerprint density at radius 2 is 1.83 bits per heavy atom. The highest BCUT2D eigenvalue weighted by atomic mass is 79.9. The zero-order chi connectivity index (χ0) is 25.4. The highest BCUT2D eigenvalue weighted by Crippen LogP contribution is 2.47. The van der Waals surface area contributed by atoms with Crippen molar-refractivity contribution in [2.45, 2.75) is 31.7 Å². The van der Waals surface area contributed by atoms with Crippen LogP contribution in [0.4, 0.5) is 4.79 Å². The quantitative estimate of drug-likeness (QED) is 0.209. The predicted molar refractivity (Wildman–Crippen MR) is 141 cm³/mol. The van der Waals surface area contributed by atoms with Crippen LogP contribution in [-0.2, 0) is 14.4 Å². The summed E-state index contributed by atoms with van der Waals surface area (Å²) < 4.78 is 6.69. The molecule has 5 rings (SSSR count). The summed E-state index contributed by atoms with van der Waals surface area (Å²) >= 11 is 6.81. The molecule has 0 unspecified atom stereocenters. The Bertz CT molecular complexity index is 1320. The van der Waals surface area contributed by atoms with Gasteiger partial charge in [-0.2, -0.15) is 0 Å². The summed E-state index contributed by atoms with van der Waals surface area (Å²) in [6.45, 7) is 0. The van der Waals surface area contributed by atoms with Crippen molar-refractivity contribution in [2.75, 3.05) is 0 Å². The molecule has 0 radical (unpaired) electrons. The van der Waals surface area contributed by atoms with E-state index in [1.54, 1.807) is 18.2 Å². The minimum atomic E-state index is -0.776. The number of nitrogens with one attached hydrogen (secondary N) is 1. The van der Waals surface area contributed by atoms with Crippen LogP contribution in [0.25, 0.3) is 12.2 Å². The molecular formula is C27H22Br2N2O5. The first kappa shape index (κ1) is 24.6. The second kappa shape index (κ2) is 10.1. The maximum absolute atomic E-state index is 13.4. The summed E-state index contributed by atoms with van der Waals surface area (Å²) in [6.07, 6.45) is 8.16. The number of urea groups is 1. The number of hydrogen-bond donors (Lipinski definition) is 1. The second-order valence-corrected chi connectivity index (χ2v) is 11.0. The molecule has 9 heteroatoms. The summed E-state index contributed by atoms with van der Waals surface area (Å²) in [7, 11) is 0. The number of esters is 1. The van der Waals surface area contributed by atoms with Gasteiger partial charge in [0.25, 0.3) is 11.8 Å². The molecule has 7 nitrogen and oxygen atoms in total. The second-order valence-electron chi connectivity index (χ2n) is 9.21. The number of benzene rings is 2. The van der Waals surface area contributed by atoms with E-state index in [2.05, 4.69) is 37.2 Å². The van der Waals surface area contributed by atoms with Crippen LogP contribution in [0.15, 0.2) is 63.1 Å². The molecule has 0 spiro atoms. The van der Waals surface area contributed by atoms with E-state index in [-0.39, 0.29) is 23.3 Å². The summed E-state index contributed by atoms with van der Waals surface area (Å²) in [5.41, 5.74) is 0.986. The minimum absolute atomic E-state index is 0.150. The Balaban J connectivity index is 1.44. The van der Waals surface area contributed by atoms with E-state index in [0.717, 1.165) is 31.2 Å². The predicted octanol–water partition coefficient (Wildman–Crippen LogP) is 5.48. The number of fused-ring (bicyclic) bond motifs is 2. The van der Waals surface area contributed by atoms with Gasteiger partial charge in [0, 0.05) is 22.2 Å². The van der Waals surface area contributed by atoms with Crippen LogP contribution in [0.5, 0.6) is 5.75 Å². The van der Waals surface area contributed by atoms with Crippen molar-refractivity contribution in [3.63, 3.8) is 0 Å². The van der Waals surface area contributed by atoms with Gasteiger partial charge in [0.2, 0.25) is 0 Å². The number of halogens is 2. The highest BCUT2D eigenvalue weighted by molar-refractivity contribution is 9.11. The van der Waals surface area contributed by atoms with Gasteiger partial charge in [-0.15, -0.1) is 0 Å². The van der Waals surface area contributed by atoms with Crippen LogP contribution in [-0.4, -0.2) is 34.8 Å². The van der Waals surface area contributed by atoms with Gasteiger partial charge in [0.15, 0.2) is 5.75 Å². The lowest BCUT2D eigenvalue weighted by Crippen LogP contribution is -2.58. The minimum Gasteiger partial charge on any atom is -0.422 e. The Morgan fingerprint density at radius 1 is 1.06 bits per heavy atom. The molecule has 4 amide bonds. The number of rotatable bonds is 5. The number of amides is 4. The first-order valence-electron chi connectivity index (χ1n) is 11.6. The van der Waals surface area contributed by atoms with E-state index < -0.39 is 23.8 Å². The maximum atomic E-state index is 13.4. The van der Waals surface area contributed by atoms with Gasteiger partial charge in [-0.3, -0.25) is 19.8 Å². The van der Waals surface area contributed by atoms with E-state index in [9.17, 15) is 19.2 Å². The molecule has 3 fully saturated rings. The summed E-state index contributed by atoms with van der Waals surface area (Å²) in [6, 6.07) is 11.8. The van der Waals surface area contributed by atoms with Crippen molar-refractivity contribution in [1.29, 1.82) is 0 Å². The molecule has 0 aromatic heterocycles. The Hall–Kier alpha value is -3.04. The van der Waals surface area contributed by atoms with Gasteiger partial charge in [-0.1, -0.05) is 52.7 Å². The number of ether oxygens (including phenoxy) is 1. The molecule has 3 atom stereocenters. The molecule has 36 heavy (non-hydrogen) atoms.